The number of aliphatic hydroxyl groups is 1. The van der Waals surface area contributed by atoms with E-state index < -0.39 is 29.9 Å². The summed E-state index contributed by atoms with van der Waals surface area (Å²) in [5, 5.41) is 9.64. The van der Waals surface area contributed by atoms with E-state index in [4.69, 9.17) is 4.74 Å². The fourth-order valence-corrected chi connectivity index (χ4v) is 2.14. The van der Waals surface area contributed by atoms with Crippen molar-refractivity contribution in [2.45, 2.75) is 25.4 Å². The standard InChI is InChI=1S/C12H11BrF6O2/c1-2-21-8-4-3-6(13)5-7(8)9(20)10(11(14,15)16)12(17,18)19/h3-5,9-10,20H,2H2,1H3. The Morgan fingerprint density at radius 1 is 1.14 bits per heavy atom. The summed E-state index contributed by atoms with van der Waals surface area (Å²) in [6, 6.07) is 3.55. The highest BCUT2D eigenvalue weighted by molar-refractivity contribution is 9.10. The molecular formula is C12H11BrF6O2. The predicted octanol–water partition coefficient (Wildman–Crippen LogP) is 4.62. The van der Waals surface area contributed by atoms with Crippen LogP contribution in [0.15, 0.2) is 22.7 Å². The lowest BCUT2D eigenvalue weighted by Gasteiger charge is -2.28. The molecule has 0 aliphatic carbocycles. The number of aliphatic hydroxyl groups excluding tert-OH is 1. The first-order valence-electron chi connectivity index (χ1n) is 5.72. The summed E-state index contributed by atoms with van der Waals surface area (Å²) in [7, 11) is 0. The first-order chi connectivity index (χ1) is 9.48. The third-order valence-corrected chi connectivity index (χ3v) is 3.10. The maximum absolute atomic E-state index is 12.6. The molecule has 0 heterocycles. The maximum Gasteiger partial charge on any atom is 0.403 e. The number of halogens is 7. The highest BCUT2D eigenvalue weighted by atomic mass is 79.9. The van der Waals surface area contributed by atoms with Gasteiger partial charge in [-0.15, -0.1) is 0 Å². The van der Waals surface area contributed by atoms with E-state index in [1.807, 2.05) is 0 Å². The summed E-state index contributed by atoms with van der Waals surface area (Å²) in [5.41, 5.74) is -0.578. The predicted molar refractivity (Wildman–Crippen MR) is 65.9 cm³/mol. The number of benzene rings is 1. The van der Waals surface area contributed by atoms with Gasteiger partial charge in [0.15, 0.2) is 5.92 Å². The second-order valence-corrected chi connectivity index (χ2v) is 5.04. The zero-order valence-electron chi connectivity index (χ0n) is 10.6. The Labute approximate surface area is 124 Å². The fourth-order valence-electron chi connectivity index (χ4n) is 1.76. The molecule has 1 atom stereocenters. The molecule has 0 saturated carbocycles. The van der Waals surface area contributed by atoms with Crippen molar-refractivity contribution in [1.29, 1.82) is 0 Å². The van der Waals surface area contributed by atoms with Gasteiger partial charge in [0.1, 0.15) is 11.9 Å². The van der Waals surface area contributed by atoms with Crippen molar-refractivity contribution in [3.8, 4) is 5.75 Å². The molecule has 9 heteroatoms. The minimum Gasteiger partial charge on any atom is -0.493 e. The van der Waals surface area contributed by atoms with Gasteiger partial charge in [-0.2, -0.15) is 26.3 Å². The molecule has 21 heavy (non-hydrogen) atoms. The number of rotatable bonds is 4. The van der Waals surface area contributed by atoms with Gasteiger partial charge in [0, 0.05) is 10.0 Å². The minimum absolute atomic E-state index is 0.0318. The van der Waals surface area contributed by atoms with Crippen LogP contribution in [0, 0.1) is 5.92 Å². The van der Waals surface area contributed by atoms with Crippen LogP contribution in [-0.2, 0) is 0 Å². The highest BCUT2D eigenvalue weighted by Crippen LogP contribution is 2.48. The van der Waals surface area contributed by atoms with Gasteiger partial charge in [-0.05, 0) is 25.1 Å². The summed E-state index contributed by atoms with van der Waals surface area (Å²) < 4.78 is 81.0. The molecule has 0 aromatic heterocycles. The molecule has 1 aromatic carbocycles. The fraction of sp³-hybridized carbons (Fsp3) is 0.500. The average Bonchev–Trinajstić information content (AvgIpc) is 2.27. The van der Waals surface area contributed by atoms with Crippen LogP contribution in [0.1, 0.15) is 18.6 Å². The second kappa shape index (κ2) is 6.43. The van der Waals surface area contributed by atoms with Crippen molar-refractivity contribution < 1.29 is 36.2 Å². The molecule has 120 valence electrons. The molecule has 0 radical (unpaired) electrons. The number of hydrogen-bond donors (Lipinski definition) is 1. The van der Waals surface area contributed by atoms with Crippen molar-refractivity contribution in [2.75, 3.05) is 6.61 Å². The molecule has 0 aliphatic rings. The topological polar surface area (TPSA) is 29.5 Å². The number of alkyl halides is 6. The van der Waals surface area contributed by atoms with Crippen LogP contribution in [-0.4, -0.2) is 24.1 Å². The molecule has 0 spiro atoms. The van der Waals surface area contributed by atoms with Crippen LogP contribution in [0.4, 0.5) is 26.3 Å². The van der Waals surface area contributed by atoms with Gasteiger partial charge >= 0.3 is 12.4 Å². The van der Waals surface area contributed by atoms with E-state index in [1.54, 1.807) is 0 Å². The van der Waals surface area contributed by atoms with E-state index in [1.165, 1.54) is 19.1 Å². The van der Waals surface area contributed by atoms with E-state index in [0.717, 1.165) is 6.07 Å². The lowest BCUT2D eigenvalue weighted by molar-refractivity contribution is -0.307. The Morgan fingerprint density at radius 3 is 2.10 bits per heavy atom. The average molecular weight is 381 g/mol. The van der Waals surface area contributed by atoms with Crippen molar-refractivity contribution in [3.63, 3.8) is 0 Å². The normalized spacial score (nSPS) is 14.4. The van der Waals surface area contributed by atoms with Crippen molar-refractivity contribution >= 4 is 15.9 Å². The van der Waals surface area contributed by atoms with Crippen LogP contribution in [0.5, 0.6) is 5.75 Å². The Morgan fingerprint density at radius 2 is 1.67 bits per heavy atom. The van der Waals surface area contributed by atoms with E-state index in [9.17, 15) is 31.4 Å². The molecule has 1 unspecified atom stereocenters. The summed E-state index contributed by atoms with van der Waals surface area (Å²) in [6.07, 6.45) is -14.1. The molecule has 0 saturated heterocycles. The Balaban J connectivity index is 3.33. The van der Waals surface area contributed by atoms with Gasteiger partial charge in [0.25, 0.3) is 0 Å². The Bertz CT molecular complexity index is 472. The van der Waals surface area contributed by atoms with Crippen molar-refractivity contribution in [1.82, 2.24) is 0 Å². The van der Waals surface area contributed by atoms with Gasteiger partial charge < -0.3 is 9.84 Å². The number of hydrogen-bond acceptors (Lipinski definition) is 2. The first-order valence-corrected chi connectivity index (χ1v) is 6.51. The number of ether oxygens (including phenoxy) is 1. The van der Waals surface area contributed by atoms with Gasteiger partial charge in [-0.1, -0.05) is 15.9 Å². The Kier molecular flexibility index (Phi) is 5.54. The van der Waals surface area contributed by atoms with Crippen LogP contribution in [0.2, 0.25) is 0 Å². The zero-order chi connectivity index (χ0) is 16.4. The maximum atomic E-state index is 12.6. The summed E-state index contributed by atoms with van der Waals surface area (Å²) in [6.45, 7) is 1.55. The molecule has 0 amide bonds. The lowest BCUT2D eigenvalue weighted by Crippen LogP contribution is -2.41. The highest BCUT2D eigenvalue weighted by Gasteiger charge is 2.60. The van der Waals surface area contributed by atoms with E-state index in [0.29, 0.717) is 0 Å². The third kappa shape index (κ3) is 4.50. The summed E-state index contributed by atoms with van der Waals surface area (Å²) in [5.74, 6) is -4.12. The van der Waals surface area contributed by atoms with Crippen molar-refractivity contribution in [3.05, 3.63) is 28.2 Å². The van der Waals surface area contributed by atoms with E-state index in [-0.39, 0.29) is 16.8 Å². The van der Waals surface area contributed by atoms with Crippen LogP contribution in [0.25, 0.3) is 0 Å². The quantitative estimate of drug-likeness (QED) is 0.772. The van der Waals surface area contributed by atoms with Crippen LogP contribution >= 0.6 is 15.9 Å². The van der Waals surface area contributed by atoms with E-state index in [2.05, 4.69) is 15.9 Å². The van der Waals surface area contributed by atoms with Crippen LogP contribution in [0.3, 0.4) is 0 Å². The second-order valence-electron chi connectivity index (χ2n) is 4.12. The smallest absolute Gasteiger partial charge is 0.403 e. The van der Waals surface area contributed by atoms with Gasteiger partial charge in [0.2, 0.25) is 0 Å². The van der Waals surface area contributed by atoms with Crippen molar-refractivity contribution in [2.24, 2.45) is 5.92 Å². The van der Waals surface area contributed by atoms with Gasteiger partial charge in [0.05, 0.1) is 6.61 Å². The van der Waals surface area contributed by atoms with Crippen LogP contribution < -0.4 is 4.74 Å². The lowest BCUT2D eigenvalue weighted by atomic mass is 9.94. The largest absolute Gasteiger partial charge is 0.493 e. The first kappa shape index (κ1) is 18.1. The van der Waals surface area contributed by atoms with Gasteiger partial charge in [-0.3, -0.25) is 0 Å². The molecule has 0 bridgehead atoms. The zero-order valence-corrected chi connectivity index (χ0v) is 12.2. The molecule has 1 N–H and O–H groups in total. The SMILES string of the molecule is CCOc1ccc(Br)cc1C(O)C(C(F)(F)F)C(F)(F)F. The molecule has 1 aromatic rings. The molecular weight excluding hydrogens is 370 g/mol. The molecule has 1 rings (SSSR count). The third-order valence-electron chi connectivity index (χ3n) is 2.61. The molecule has 2 nitrogen and oxygen atoms in total. The molecule has 0 aliphatic heterocycles. The summed E-state index contributed by atoms with van der Waals surface area (Å²) >= 11 is 2.94. The van der Waals surface area contributed by atoms with E-state index >= 15 is 0 Å². The molecule has 0 fully saturated rings. The minimum atomic E-state index is -5.64. The Hall–Kier alpha value is -0.960. The van der Waals surface area contributed by atoms with Gasteiger partial charge in [-0.25, -0.2) is 0 Å². The monoisotopic (exact) mass is 380 g/mol. The summed E-state index contributed by atoms with van der Waals surface area (Å²) in [4.78, 5) is 0.